The van der Waals surface area contributed by atoms with Crippen molar-refractivity contribution >= 4 is 18.9 Å². The lowest BCUT2D eigenvalue weighted by Crippen LogP contribution is -2.51. The van der Waals surface area contributed by atoms with Gasteiger partial charge in [-0.25, -0.2) is 0 Å². The third kappa shape index (κ3) is 25.1. The molecule has 0 unspecified atom stereocenters. The van der Waals surface area contributed by atoms with Crippen LogP contribution in [0.25, 0.3) is 11.4 Å². The Hall–Kier alpha value is -3.32. The maximum absolute atomic E-state index is 12.2. The van der Waals surface area contributed by atoms with Gasteiger partial charge in [-0.15, -0.1) is 20.4 Å². The lowest BCUT2D eigenvalue weighted by Gasteiger charge is -2.32. The van der Waals surface area contributed by atoms with Gasteiger partial charge in [0, 0.05) is 24.9 Å². The largest absolute Gasteiger partial charge is 0.517 e. The molecule has 356 valence electrons. The first-order valence-electron chi connectivity index (χ1n) is 21.9. The molecule has 21 heteroatoms. The average molecular weight is 895 g/mol. The van der Waals surface area contributed by atoms with Crippen LogP contribution in [-0.2, 0) is 68.1 Å². The minimum Gasteiger partial charge on any atom is -0.400 e. The van der Waals surface area contributed by atoms with Gasteiger partial charge >= 0.3 is 7.12 Å². The minimum atomic E-state index is -0.350. The first-order valence-corrected chi connectivity index (χ1v) is 21.9. The molecule has 0 spiro atoms. The van der Waals surface area contributed by atoms with E-state index >= 15 is 0 Å². The molecular formula is C42H73BN7O13+. The standard InChI is InChI=1S/C42H72BN7O13/c1-41(2)42(3,4)63-43(62-41)34-50(5,6)14-13-44-38(51)11-15-53-17-19-55-21-23-57-25-27-59-29-31-61-32-30-60-28-26-58-24-22-56-20-18-54-16-12-39(52)45-33-36-7-9-37(10-8-36)40-48-46-35-47-49-40/h7-10,35H,11-34H2,1-6H3,(H-,44,45,51,52)/p+1. The zero-order chi connectivity index (χ0) is 45.5. The van der Waals surface area contributed by atoms with E-state index in [1.807, 2.05) is 24.3 Å². The van der Waals surface area contributed by atoms with Crippen LogP contribution in [0.3, 0.4) is 0 Å². The Morgan fingerprint density at radius 3 is 1.33 bits per heavy atom. The van der Waals surface area contributed by atoms with E-state index in [0.29, 0.717) is 155 Å². The van der Waals surface area contributed by atoms with E-state index in [0.717, 1.165) is 17.7 Å². The Bertz CT molecular complexity index is 1480. The Labute approximate surface area is 373 Å². The van der Waals surface area contributed by atoms with Crippen LogP contribution in [0.15, 0.2) is 30.6 Å². The van der Waals surface area contributed by atoms with Gasteiger partial charge in [-0.1, -0.05) is 24.3 Å². The third-order valence-electron chi connectivity index (χ3n) is 10.0. The predicted octanol–water partition coefficient (Wildman–Crippen LogP) is 1.30. The Morgan fingerprint density at radius 2 is 0.937 bits per heavy atom. The molecule has 63 heavy (non-hydrogen) atoms. The van der Waals surface area contributed by atoms with Gasteiger partial charge in [-0.05, 0) is 33.3 Å². The number of ether oxygens (including phenoxy) is 9. The van der Waals surface area contributed by atoms with Gasteiger partial charge < -0.3 is 67.1 Å². The number of quaternary nitrogens is 1. The Balaban J connectivity index is 0.946. The Morgan fingerprint density at radius 1 is 0.571 bits per heavy atom. The van der Waals surface area contributed by atoms with E-state index in [1.165, 1.54) is 6.33 Å². The highest BCUT2D eigenvalue weighted by molar-refractivity contribution is 6.45. The predicted molar refractivity (Wildman–Crippen MR) is 232 cm³/mol. The van der Waals surface area contributed by atoms with Crippen LogP contribution in [0, 0.1) is 0 Å². The summed E-state index contributed by atoms with van der Waals surface area (Å²) in [6.45, 7) is 17.8. The first-order chi connectivity index (χ1) is 30.4. The molecule has 1 aliphatic rings. The number of aromatic nitrogens is 4. The number of rotatable bonds is 38. The van der Waals surface area contributed by atoms with Gasteiger partial charge in [0.05, 0.1) is 157 Å². The molecule has 20 nitrogen and oxygen atoms in total. The topological polar surface area (TPSA) is 211 Å². The quantitative estimate of drug-likeness (QED) is 0.0553. The van der Waals surface area contributed by atoms with Gasteiger partial charge in [0.25, 0.3) is 0 Å². The summed E-state index contributed by atoms with van der Waals surface area (Å²) in [5.74, 6) is 0.319. The van der Waals surface area contributed by atoms with Crippen molar-refractivity contribution in [3.8, 4) is 11.4 Å². The van der Waals surface area contributed by atoms with E-state index in [1.54, 1.807) is 0 Å². The molecule has 2 N–H and O–H groups in total. The highest BCUT2D eigenvalue weighted by atomic mass is 16.7. The number of hydrogen-bond donors (Lipinski definition) is 2. The molecule has 0 radical (unpaired) electrons. The molecule has 3 rings (SSSR count). The summed E-state index contributed by atoms with van der Waals surface area (Å²) in [4.78, 5) is 24.3. The maximum Gasteiger partial charge on any atom is 0.517 e. The summed E-state index contributed by atoms with van der Waals surface area (Å²) >= 11 is 0. The van der Waals surface area contributed by atoms with Crippen LogP contribution < -0.4 is 10.6 Å². The zero-order valence-corrected chi connectivity index (χ0v) is 38.5. The fourth-order valence-corrected chi connectivity index (χ4v) is 5.69. The average Bonchev–Trinajstić information content (AvgIpc) is 3.46. The van der Waals surface area contributed by atoms with Crippen molar-refractivity contribution in [1.82, 2.24) is 31.0 Å². The van der Waals surface area contributed by atoms with E-state index in [4.69, 9.17) is 51.9 Å². The second-order valence-electron chi connectivity index (χ2n) is 16.2. The molecule has 1 fully saturated rings. The first kappa shape index (κ1) is 54.0. The van der Waals surface area contributed by atoms with Crippen molar-refractivity contribution in [1.29, 1.82) is 0 Å². The van der Waals surface area contributed by atoms with E-state index in [2.05, 4.69) is 72.8 Å². The highest BCUT2D eigenvalue weighted by Gasteiger charge is 2.53. The summed E-state index contributed by atoms with van der Waals surface area (Å²) in [7, 11) is 3.94. The van der Waals surface area contributed by atoms with Crippen molar-refractivity contribution in [2.24, 2.45) is 0 Å². The number of nitrogens with zero attached hydrogens (tertiary/aromatic N) is 5. The number of benzene rings is 1. The van der Waals surface area contributed by atoms with Gasteiger partial charge in [0.1, 0.15) is 6.44 Å². The van der Waals surface area contributed by atoms with Gasteiger partial charge in [0.2, 0.25) is 17.6 Å². The second kappa shape index (κ2) is 31.5. The molecule has 2 heterocycles. The molecule has 1 aromatic carbocycles. The zero-order valence-electron chi connectivity index (χ0n) is 38.5. The summed E-state index contributed by atoms with van der Waals surface area (Å²) < 4.78 is 62.5. The summed E-state index contributed by atoms with van der Waals surface area (Å²) in [5, 5.41) is 21.2. The lowest BCUT2D eigenvalue weighted by molar-refractivity contribution is -0.880. The van der Waals surface area contributed by atoms with Crippen LogP contribution in [0.1, 0.15) is 46.1 Å². The lowest BCUT2D eigenvalue weighted by atomic mass is 9.88. The number of nitrogens with one attached hydrogen (secondary N) is 2. The summed E-state index contributed by atoms with van der Waals surface area (Å²) in [5.41, 5.74) is 1.06. The minimum absolute atomic E-state index is 0.0362. The van der Waals surface area contributed by atoms with E-state index in [9.17, 15) is 9.59 Å². The smallest absolute Gasteiger partial charge is 0.400 e. The number of carbonyl (C=O) groups is 2. The number of likely N-dealkylation sites (N-methyl/N-ethyl adjacent to an activating group) is 1. The van der Waals surface area contributed by atoms with Crippen molar-refractivity contribution in [2.45, 2.75) is 58.3 Å². The maximum atomic E-state index is 12.2. The molecule has 1 aromatic heterocycles. The number of amides is 2. The fraction of sp³-hybridized carbons (Fsp3) is 0.762. The van der Waals surface area contributed by atoms with Crippen molar-refractivity contribution in [3.63, 3.8) is 0 Å². The van der Waals surface area contributed by atoms with Gasteiger partial charge in [-0.2, -0.15) is 0 Å². The van der Waals surface area contributed by atoms with E-state index in [-0.39, 0.29) is 36.6 Å². The Kier molecular flexibility index (Phi) is 27.0. The molecule has 0 aliphatic carbocycles. The summed E-state index contributed by atoms with van der Waals surface area (Å²) in [6, 6.07) is 7.52. The van der Waals surface area contributed by atoms with Crippen LogP contribution >= 0.6 is 0 Å². The molecule has 1 aliphatic heterocycles. The fourth-order valence-electron chi connectivity index (χ4n) is 5.69. The van der Waals surface area contributed by atoms with Gasteiger partial charge in [0.15, 0.2) is 6.33 Å². The van der Waals surface area contributed by atoms with Crippen LogP contribution in [0.5, 0.6) is 0 Å². The van der Waals surface area contributed by atoms with Crippen molar-refractivity contribution in [3.05, 3.63) is 36.2 Å². The number of hydrogen-bond acceptors (Lipinski definition) is 17. The number of carbonyl (C=O) groups excluding carboxylic acids is 2. The molecule has 2 aromatic rings. The SMILES string of the molecule is CC1(C)OB(C[N+](C)(C)CCNC(=O)CCOCCOCCOCCOCCOCCOCCOCCOCCOCCC(=O)NCc2ccc(-c3nncnn3)cc2)OC1(C)C. The van der Waals surface area contributed by atoms with Crippen LogP contribution in [-0.4, -0.2) is 208 Å². The van der Waals surface area contributed by atoms with Gasteiger partial charge in [-0.3, -0.25) is 9.59 Å². The molecule has 1 saturated heterocycles. The van der Waals surface area contributed by atoms with Crippen LogP contribution in [0.2, 0.25) is 0 Å². The summed E-state index contributed by atoms with van der Waals surface area (Å²) in [6.07, 6.45) is 2.55. The third-order valence-corrected chi connectivity index (χ3v) is 10.0. The second-order valence-corrected chi connectivity index (χ2v) is 16.2. The molecule has 0 saturated carbocycles. The van der Waals surface area contributed by atoms with Crippen molar-refractivity contribution < 1.29 is 66.0 Å². The highest BCUT2D eigenvalue weighted by Crippen LogP contribution is 2.37. The molecule has 0 atom stereocenters. The van der Waals surface area contributed by atoms with Crippen molar-refractivity contribution in [2.75, 3.05) is 153 Å². The normalized spacial score (nSPS) is 14.6. The van der Waals surface area contributed by atoms with Crippen LogP contribution in [0.4, 0.5) is 0 Å². The molecular weight excluding hydrogens is 821 g/mol. The monoisotopic (exact) mass is 895 g/mol. The molecule has 0 bridgehead atoms. The molecule has 2 amide bonds. The van der Waals surface area contributed by atoms with E-state index < -0.39 is 0 Å².